The number of pyridine rings is 1. The molecule has 9 heteroatoms. The summed E-state index contributed by atoms with van der Waals surface area (Å²) in [7, 11) is -2.27. The minimum absolute atomic E-state index is 0.0778. The van der Waals surface area contributed by atoms with Crippen LogP contribution in [0.25, 0.3) is 0 Å². The van der Waals surface area contributed by atoms with Gasteiger partial charge in [-0.2, -0.15) is 4.31 Å². The summed E-state index contributed by atoms with van der Waals surface area (Å²) >= 11 is 6.00. The van der Waals surface area contributed by atoms with E-state index in [2.05, 4.69) is 4.98 Å². The molecule has 29 heavy (non-hydrogen) atoms. The molecule has 0 atom stereocenters. The van der Waals surface area contributed by atoms with Gasteiger partial charge in [0.05, 0.1) is 18.2 Å². The van der Waals surface area contributed by atoms with Gasteiger partial charge in [0.15, 0.2) is 0 Å². The molecule has 0 bridgehead atoms. The Morgan fingerprint density at radius 2 is 2.00 bits per heavy atom. The fraction of sp³-hybridized carbons (Fsp3) is 0.400. The number of aryl methyl sites for hydroxylation is 1. The molecule has 1 aliphatic heterocycles. The Hall–Kier alpha value is -2.03. The van der Waals surface area contributed by atoms with Gasteiger partial charge in [-0.1, -0.05) is 11.6 Å². The molecule has 6 nitrogen and oxygen atoms in total. The second kappa shape index (κ2) is 9.19. The lowest BCUT2D eigenvalue weighted by Crippen LogP contribution is -2.40. The highest BCUT2D eigenvalue weighted by Crippen LogP contribution is 2.29. The van der Waals surface area contributed by atoms with Crippen molar-refractivity contribution in [2.24, 2.45) is 5.92 Å². The van der Waals surface area contributed by atoms with Crippen LogP contribution in [0.2, 0.25) is 5.02 Å². The zero-order valence-corrected chi connectivity index (χ0v) is 17.5. The second-order valence-corrected chi connectivity index (χ2v) is 9.31. The van der Waals surface area contributed by atoms with Crippen LogP contribution in [0.15, 0.2) is 41.4 Å². The summed E-state index contributed by atoms with van der Waals surface area (Å²) in [5, 5.41) is 0.280. The molecule has 0 amide bonds. The highest BCUT2D eigenvalue weighted by molar-refractivity contribution is 7.89. The number of carbonyl (C=O) groups excluding carboxylic acids is 1. The standard InChI is InChI=1S/C20H22ClFN2O4S/c1-28-18-10-15(21)11-19(12-18)29(26,27)24-8-6-14(7-9-24)20(25)5-4-17-3-2-16(22)13-23-17/h2-3,10-14H,4-9H2,1H3. The second-order valence-electron chi connectivity index (χ2n) is 6.94. The average Bonchev–Trinajstić information content (AvgIpc) is 2.72. The summed E-state index contributed by atoms with van der Waals surface area (Å²) in [6, 6.07) is 7.26. The van der Waals surface area contributed by atoms with E-state index < -0.39 is 15.8 Å². The van der Waals surface area contributed by atoms with E-state index in [1.807, 2.05) is 0 Å². The summed E-state index contributed by atoms with van der Waals surface area (Å²) in [6.07, 6.45) is 2.81. The molecular formula is C20H22ClFN2O4S. The number of halogens is 2. The highest BCUT2D eigenvalue weighted by atomic mass is 35.5. The first-order chi connectivity index (χ1) is 13.8. The predicted octanol–water partition coefficient (Wildman–Crippen LogP) is 3.49. The number of hydrogen-bond acceptors (Lipinski definition) is 5. The van der Waals surface area contributed by atoms with Gasteiger partial charge < -0.3 is 4.74 Å². The predicted molar refractivity (Wildman–Crippen MR) is 107 cm³/mol. The van der Waals surface area contributed by atoms with E-state index in [1.54, 1.807) is 12.1 Å². The molecule has 0 unspecified atom stereocenters. The highest BCUT2D eigenvalue weighted by Gasteiger charge is 2.32. The molecule has 156 valence electrons. The summed E-state index contributed by atoms with van der Waals surface area (Å²) in [5.74, 6) is -0.144. The van der Waals surface area contributed by atoms with Crippen LogP contribution in [0.3, 0.4) is 0 Å². The Balaban J connectivity index is 1.58. The van der Waals surface area contributed by atoms with Crippen molar-refractivity contribution in [2.45, 2.75) is 30.6 Å². The summed E-state index contributed by atoms with van der Waals surface area (Å²) < 4.78 is 45.2. The third-order valence-corrected chi connectivity index (χ3v) is 7.14. The molecule has 1 aliphatic rings. The van der Waals surface area contributed by atoms with E-state index in [4.69, 9.17) is 16.3 Å². The van der Waals surface area contributed by atoms with Crippen LogP contribution in [0, 0.1) is 11.7 Å². The number of nitrogens with zero attached hydrogens (tertiary/aromatic N) is 2. The lowest BCUT2D eigenvalue weighted by atomic mass is 9.91. The minimum Gasteiger partial charge on any atom is -0.497 e. The van der Waals surface area contributed by atoms with Gasteiger partial charge in [0, 0.05) is 42.2 Å². The molecule has 2 aromatic rings. The van der Waals surface area contributed by atoms with Gasteiger partial charge in [0.25, 0.3) is 0 Å². The zero-order valence-electron chi connectivity index (χ0n) is 16.0. The molecule has 0 aliphatic carbocycles. The van der Waals surface area contributed by atoms with Crippen molar-refractivity contribution in [1.82, 2.24) is 9.29 Å². The number of carbonyl (C=O) groups is 1. The molecule has 1 aromatic heterocycles. The minimum atomic E-state index is -3.71. The largest absolute Gasteiger partial charge is 0.497 e. The smallest absolute Gasteiger partial charge is 0.243 e. The first-order valence-corrected chi connectivity index (χ1v) is 11.1. The van der Waals surface area contributed by atoms with Gasteiger partial charge in [0.1, 0.15) is 17.3 Å². The Bertz CT molecular complexity index is 974. The van der Waals surface area contributed by atoms with Crippen molar-refractivity contribution in [2.75, 3.05) is 20.2 Å². The number of Topliss-reactive ketones (excluding diaryl/α,β-unsaturated/α-hetero) is 1. The van der Waals surface area contributed by atoms with Crippen molar-refractivity contribution < 1.29 is 22.3 Å². The van der Waals surface area contributed by atoms with Crippen LogP contribution < -0.4 is 4.74 Å². The fourth-order valence-corrected chi connectivity index (χ4v) is 5.20. The summed E-state index contributed by atoms with van der Waals surface area (Å²) in [5.41, 5.74) is 0.662. The molecule has 0 saturated carbocycles. The summed E-state index contributed by atoms with van der Waals surface area (Å²) in [4.78, 5) is 16.5. The van der Waals surface area contributed by atoms with Crippen LogP contribution in [0.4, 0.5) is 4.39 Å². The van der Waals surface area contributed by atoms with E-state index in [0.717, 1.165) is 6.20 Å². The molecule has 0 radical (unpaired) electrons. The van der Waals surface area contributed by atoms with Crippen molar-refractivity contribution >= 4 is 27.4 Å². The van der Waals surface area contributed by atoms with Gasteiger partial charge >= 0.3 is 0 Å². The quantitative estimate of drug-likeness (QED) is 0.658. The molecule has 3 rings (SSSR count). The Morgan fingerprint density at radius 1 is 1.28 bits per heavy atom. The normalized spacial score (nSPS) is 16.0. The van der Waals surface area contributed by atoms with Crippen LogP contribution in [-0.4, -0.2) is 43.7 Å². The van der Waals surface area contributed by atoms with Gasteiger partial charge in [-0.3, -0.25) is 9.78 Å². The Kier molecular flexibility index (Phi) is 6.87. The first kappa shape index (κ1) is 21.7. The maximum Gasteiger partial charge on any atom is 0.243 e. The number of ether oxygens (including phenoxy) is 1. The summed E-state index contributed by atoms with van der Waals surface area (Å²) in [6.45, 7) is 0.532. The van der Waals surface area contributed by atoms with Crippen molar-refractivity contribution in [3.05, 3.63) is 53.1 Å². The van der Waals surface area contributed by atoms with Crippen molar-refractivity contribution in [1.29, 1.82) is 0 Å². The van der Waals surface area contributed by atoms with Gasteiger partial charge in [-0.25, -0.2) is 12.8 Å². The zero-order chi connectivity index (χ0) is 21.0. The van der Waals surface area contributed by atoms with E-state index in [1.165, 1.54) is 29.6 Å². The number of ketones is 1. The number of sulfonamides is 1. The number of piperidine rings is 1. The third-order valence-electron chi connectivity index (χ3n) is 5.04. The molecule has 1 fully saturated rings. The molecule has 1 saturated heterocycles. The number of hydrogen-bond donors (Lipinski definition) is 0. The van der Waals surface area contributed by atoms with E-state index in [0.29, 0.717) is 37.1 Å². The van der Waals surface area contributed by atoms with Gasteiger partial charge in [-0.15, -0.1) is 0 Å². The SMILES string of the molecule is COc1cc(Cl)cc(S(=O)(=O)N2CCC(C(=O)CCc3ccc(F)cn3)CC2)c1. The molecule has 1 aromatic carbocycles. The van der Waals surface area contributed by atoms with Crippen LogP contribution >= 0.6 is 11.6 Å². The van der Waals surface area contributed by atoms with Crippen molar-refractivity contribution in [3.8, 4) is 5.75 Å². The van der Waals surface area contributed by atoms with E-state index in [-0.39, 0.29) is 34.7 Å². The van der Waals surface area contributed by atoms with Crippen LogP contribution in [0.1, 0.15) is 25.0 Å². The lowest BCUT2D eigenvalue weighted by molar-refractivity contribution is -0.123. The van der Waals surface area contributed by atoms with Crippen LogP contribution in [-0.2, 0) is 21.2 Å². The Morgan fingerprint density at radius 3 is 2.62 bits per heavy atom. The molecule has 2 heterocycles. The van der Waals surface area contributed by atoms with E-state index >= 15 is 0 Å². The fourth-order valence-electron chi connectivity index (χ4n) is 3.38. The maximum atomic E-state index is 12.9. The average molecular weight is 441 g/mol. The lowest BCUT2D eigenvalue weighted by Gasteiger charge is -2.30. The van der Waals surface area contributed by atoms with Crippen molar-refractivity contribution in [3.63, 3.8) is 0 Å². The maximum absolute atomic E-state index is 12.9. The number of benzene rings is 1. The molecule has 0 spiro atoms. The topological polar surface area (TPSA) is 76.6 Å². The number of methoxy groups -OCH3 is 1. The molecular weight excluding hydrogens is 419 g/mol. The van der Waals surface area contributed by atoms with Crippen LogP contribution in [0.5, 0.6) is 5.75 Å². The number of rotatable bonds is 7. The van der Waals surface area contributed by atoms with E-state index in [9.17, 15) is 17.6 Å². The van der Waals surface area contributed by atoms with Gasteiger partial charge in [-0.05, 0) is 43.5 Å². The first-order valence-electron chi connectivity index (χ1n) is 9.27. The third kappa shape index (κ3) is 5.32. The van der Waals surface area contributed by atoms with Gasteiger partial charge in [0.2, 0.25) is 10.0 Å². The monoisotopic (exact) mass is 440 g/mol. The molecule has 0 N–H and O–H groups in total. The Labute approximate surface area is 174 Å². The number of aromatic nitrogens is 1.